The SMILES string of the molecule is CCN1CCCC1CNC(=O)NC1CC(=O)N(c2ccc3c(c2)OCCO3)C1. The topological polar surface area (TPSA) is 83.1 Å². The van der Waals surface area contributed by atoms with Crippen molar-refractivity contribution < 1.29 is 19.1 Å². The van der Waals surface area contributed by atoms with E-state index in [0.29, 0.717) is 50.3 Å². The number of benzene rings is 1. The van der Waals surface area contributed by atoms with Gasteiger partial charge in [0, 0.05) is 37.3 Å². The summed E-state index contributed by atoms with van der Waals surface area (Å²) >= 11 is 0. The highest BCUT2D eigenvalue weighted by atomic mass is 16.6. The molecule has 4 rings (SSSR count). The number of hydrogen-bond acceptors (Lipinski definition) is 5. The maximum atomic E-state index is 12.5. The summed E-state index contributed by atoms with van der Waals surface area (Å²) in [7, 11) is 0. The van der Waals surface area contributed by atoms with E-state index in [1.54, 1.807) is 4.90 Å². The van der Waals surface area contributed by atoms with Gasteiger partial charge in [-0.2, -0.15) is 0 Å². The van der Waals surface area contributed by atoms with E-state index in [1.807, 2.05) is 18.2 Å². The lowest BCUT2D eigenvalue weighted by Crippen LogP contribution is -2.47. The number of fused-ring (bicyclic) bond motifs is 1. The summed E-state index contributed by atoms with van der Waals surface area (Å²) < 4.78 is 11.1. The van der Waals surface area contributed by atoms with Crippen LogP contribution in [0, 0.1) is 0 Å². The Morgan fingerprint density at radius 1 is 1.25 bits per heavy atom. The number of nitrogens with zero attached hydrogens (tertiary/aromatic N) is 2. The Bertz CT molecular complexity index is 741. The van der Waals surface area contributed by atoms with E-state index in [4.69, 9.17) is 9.47 Å². The molecule has 2 saturated heterocycles. The van der Waals surface area contributed by atoms with Crippen molar-refractivity contribution in [2.75, 3.05) is 44.3 Å². The van der Waals surface area contributed by atoms with Crippen molar-refractivity contribution in [2.45, 2.75) is 38.3 Å². The highest BCUT2D eigenvalue weighted by Crippen LogP contribution is 2.35. The highest BCUT2D eigenvalue weighted by Gasteiger charge is 2.32. The van der Waals surface area contributed by atoms with E-state index in [9.17, 15) is 9.59 Å². The first-order chi connectivity index (χ1) is 13.6. The Labute approximate surface area is 165 Å². The summed E-state index contributed by atoms with van der Waals surface area (Å²) in [6, 6.07) is 5.51. The summed E-state index contributed by atoms with van der Waals surface area (Å²) in [6.45, 7) is 6.40. The lowest BCUT2D eigenvalue weighted by atomic mass is 10.2. The lowest BCUT2D eigenvalue weighted by molar-refractivity contribution is -0.117. The van der Waals surface area contributed by atoms with Crippen LogP contribution in [0.4, 0.5) is 10.5 Å². The van der Waals surface area contributed by atoms with Gasteiger partial charge >= 0.3 is 6.03 Å². The first-order valence-corrected chi connectivity index (χ1v) is 10.1. The second kappa shape index (κ2) is 8.26. The molecule has 3 aliphatic heterocycles. The first-order valence-electron chi connectivity index (χ1n) is 10.1. The number of carbonyl (C=O) groups is 2. The smallest absolute Gasteiger partial charge is 0.315 e. The zero-order valence-electron chi connectivity index (χ0n) is 16.3. The Morgan fingerprint density at radius 2 is 2.07 bits per heavy atom. The number of nitrogens with one attached hydrogen (secondary N) is 2. The number of amides is 3. The number of likely N-dealkylation sites (N-methyl/N-ethyl adjacent to an activating group) is 1. The molecule has 8 nitrogen and oxygen atoms in total. The molecule has 0 aliphatic carbocycles. The Balaban J connectivity index is 1.30. The molecular weight excluding hydrogens is 360 g/mol. The molecule has 3 heterocycles. The van der Waals surface area contributed by atoms with Gasteiger partial charge in [0.2, 0.25) is 5.91 Å². The van der Waals surface area contributed by atoms with E-state index >= 15 is 0 Å². The molecule has 0 saturated carbocycles. The summed E-state index contributed by atoms with van der Waals surface area (Å²) in [6.07, 6.45) is 2.60. The van der Waals surface area contributed by atoms with Crippen molar-refractivity contribution in [3.63, 3.8) is 0 Å². The third-order valence-electron chi connectivity index (χ3n) is 5.70. The summed E-state index contributed by atoms with van der Waals surface area (Å²) in [5.74, 6) is 1.35. The van der Waals surface area contributed by atoms with Gasteiger partial charge in [0.25, 0.3) is 0 Å². The van der Waals surface area contributed by atoms with Crippen molar-refractivity contribution in [3.05, 3.63) is 18.2 Å². The number of carbonyl (C=O) groups excluding carboxylic acids is 2. The maximum Gasteiger partial charge on any atom is 0.315 e. The summed E-state index contributed by atoms with van der Waals surface area (Å²) in [5, 5.41) is 5.91. The van der Waals surface area contributed by atoms with Crippen molar-refractivity contribution in [1.82, 2.24) is 15.5 Å². The largest absolute Gasteiger partial charge is 0.486 e. The summed E-state index contributed by atoms with van der Waals surface area (Å²) in [4.78, 5) is 28.8. The van der Waals surface area contributed by atoms with Crippen LogP contribution in [0.3, 0.4) is 0 Å². The average molecular weight is 388 g/mol. The van der Waals surface area contributed by atoms with Gasteiger partial charge in [0.1, 0.15) is 13.2 Å². The molecule has 3 aliphatic rings. The predicted molar refractivity (Wildman–Crippen MR) is 105 cm³/mol. The van der Waals surface area contributed by atoms with Crippen molar-refractivity contribution in [1.29, 1.82) is 0 Å². The lowest BCUT2D eigenvalue weighted by Gasteiger charge is -2.24. The maximum absolute atomic E-state index is 12.5. The zero-order chi connectivity index (χ0) is 19.5. The molecule has 0 bridgehead atoms. The highest BCUT2D eigenvalue weighted by molar-refractivity contribution is 5.97. The summed E-state index contributed by atoms with van der Waals surface area (Å²) in [5.41, 5.74) is 0.767. The van der Waals surface area contributed by atoms with Crippen molar-refractivity contribution in [3.8, 4) is 11.5 Å². The van der Waals surface area contributed by atoms with Crippen LogP contribution in [0.1, 0.15) is 26.2 Å². The number of hydrogen-bond donors (Lipinski definition) is 2. The van der Waals surface area contributed by atoms with Crippen LogP contribution in [0.25, 0.3) is 0 Å². The van der Waals surface area contributed by atoms with Gasteiger partial charge in [-0.25, -0.2) is 4.79 Å². The molecule has 2 fully saturated rings. The number of rotatable bonds is 5. The van der Waals surface area contributed by atoms with Crippen LogP contribution in [0.5, 0.6) is 11.5 Å². The molecule has 2 N–H and O–H groups in total. The fourth-order valence-electron chi connectivity index (χ4n) is 4.24. The van der Waals surface area contributed by atoms with Gasteiger partial charge in [-0.1, -0.05) is 6.92 Å². The van der Waals surface area contributed by atoms with Gasteiger partial charge in [-0.3, -0.25) is 9.69 Å². The molecule has 1 aromatic carbocycles. The third-order valence-corrected chi connectivity index (χ3v) is 5.70. The van der Waals surface area contributed by atoms with Crippen LogP contribution in [-0.4, -0.2) is 68.3 Å². The molecular formula is C20H28N4O4. The van der Waals surface area contributed by atoms with Crippen LogP contribution in [0.2, 0.25) is 0 Å². The van der Waals surface area contributed by atoms with Crippen LogP contribution < -0.4 is 25.0 Å². The van der Waals surface area contributed by atoms with Gasteiger partial charge in [-0.05, 0) is 38.1 Å². The van der Waals surface area contributed by atoms with E-state index in [0.717, 1.165) is 25.2 Å². The molecule has 2 atom stereocenters. The van der Waals surface area contributed by atoms with Crippen molar-refractivity contribution >= 4 is 17.6 Å². The van der Waals surface area contributed by atoms with E-state index in [-0.39, 0.29) is 18.0 Å². The Kier molecular flexibility index (Phi) is 5.57. The predicted octanol–water partition coefficient (Wildman–Crippen LogP) is 1.35. The van der Waals surface area contributed by atoms with Gasteiger partial charge in [0.15, 0.2) is 11.5 Å². The minimum absolute atomic E-state index is 0.00470. The fraction of sp³-hybridized carbons (Fsp3) is 0.600. The van der Waals surface area contributed by atoms with Crippen LogP contribution >= 0.6 is 0 Å². The third kappa shape index (κ3) is 4.01. The fourth-order valence-corrected chi connectivity index (χ4v) is 4.24. The van der Waals surface area contributed by atoms with Crippen LogP contribution in [0.15, 0.2) is 18.2 Å². The van der Waals surface area contributed by atoms with E-state index in [1.165, 1.54) is 6.42 Å². The quantitative estimate of drug-likeness (QED) is 0.796. The number of likely N-dealkylation sites (tertiary alicyclic amines) is 1. The molecule has 0 spiro atoms. The second-order valence-corrected chi connectivity index (χ2v) is 7.51. The number of anilines is 1. The molecule has 152 valence electrons. The monoisotopic (exact) mass is 388 g/mol. The number of urea groups is 1. The van der Waals surface area contributed by atoms with E-state index in [2.05, 4.69) is 22.5 Å². The normalized spacial score (nSPS) is 24.5. The minimum Gasteiger partial charge on any atom is -0.486 e. The molecule has 3 amide bonds. The number of ether oxygens (including phenoxy) is 2. The zero-order valence-corrected chi connectivity index (χ0v) is 16.3. The standard InChI is InChI=1S/C20H28N4O4/c1-2-23-7-3-4-16(23)12-21-20(26)22-14-10-19(25)24(13-14)15-5-6-17-18(11-15)28-9-8-27-17/h5-6,11,14,16H,2-4,7-10,12-13H2,1H3,(H2,21,22,26). The van der Waals surface area contributed by atoms with Crippen molar-refractivity contribution in [2.24, 2.45) is 0 Å². The van der Waals surface area contributed by atoms with Gasteiger partial charge in [0.05, 0.1) is 6.04 Å². The Hall–Kier alpha value is -2.48. The molecule has 0 aromatic heterocycles. The Morgan fingerprint density at radius 3 is 2.89 bits per heavy atom. The molecule has 1 aromatic rings. The molecule has 8 heteroatoms. The van der Waals surface area contributed by atoms with E-state index < -0.39 is 0 Å². The molecule has 2 unspecified atom stereocenters. The van der Waals surface area contributed by atoms with Gasteiger partial charge in [-0.15, -0.1) is 0 Å². The first kappa shape index (κ1) is 18.9. The second-order valence-electron chi connectivity index (χ2n) is 7.51. The average Bonchev–Trinajstić information content (AvgIpc) is 3.31. The molecule has 0 radical (unpaired) electrons. The van der Waals surface area contributed by atoms with Gasteiger partial charge < -0.3 is 25.0 Å². The van der Waals surface area contributed by atoms with Crippen LogP contribution in [-0.2, 0) is 4.79 Å². The minimum atomic E-state index is -0.204. The molecule has 28 heavy (non-hydrogen) atoms.